The number of H-pyrrole nitrogens is 1. The van der Waals surface area contributed by atoms with E-state index >= 15 is 0 Å². The minimum atomic E-state index is -0.166. The molecule has 2 heterocycles. The fraction of sp³-hybridized carbons (Fsp3) is 0. The van der Waals surface area contributed by atoms with Crippen molar-refractivity contribution >= 4 is 34.1 Å². The van der Waals surface area contributed by atoms with Crippen LogP contribution in [0, 0.1) is 0 Å². The number of nitrogens with zero attached hydrogens (tertiary/aromatic N) is 1. The highest BCUT2D eigenvalue weighted by molar-refractivity contribution is 6.35. The Hall–Kier alpha value is -3.08. The van der Waals surface area contributed by atoms with E-state index in [4.69, 9.17) is 0 Å². The molecule has 0 radical (unpaired) electrons. The first-order chi connectivity index (χ1) is 10.2. The van der Waals surface area contributed by atoms with E-state index in [2.05, 4.69) is 15.5 Å². The van der Waals surface area contributed by atoms with Crippen LogP contribution in [0.3, 0.4) is 0 Å². The van der Waals surface area contributed by atoms with Crippen molar-refractivity contribution < 1.29 is 9.90 Å². The molecule has 0 aliphatic carbocycles. The summed E-state index contributed by atoms with van der Waals surface area (Å²) in [6.45, 7) is 0. The van der Waals surface area contributed by atoms with Crippen molar-refractivity contribution in [3.8, 4) is 5.75 Å². The average molecular weight is 277 g/mol. The average Bonchev–Trinajstić information content (AvgIpc) is 3.04. The first kappa shape index (κ1) is 11.7. The highest BCUT2D eigenvalue weighted by Gasteiger charge is 2.24. The number of rotatable bonds is 1. The Morgan fingerprint density at radius 2 is 2.05 bits per heavy atom. The fourth-order valence-corrected chi connectivity index (χ4v) is 2.53. The Morgan fingerprint density at radius 1 is 1.14 bits per heavy atom. The largest absolute Gasteiger partial charge is 0.508 e. The lowest BCUT2D eigenvalue weighted by molar-refractivity contribution is -0.110. The lowest BCUT2D eigenvalue weighted by atomic mass is 10.0. The molecule has 5 nitrogen and oxygen atoms in total. The molecule has 0 bridgehead atoms. The maximum absolute atomic E-state index is 12.1. The van der Waals surface area contributed by atoms with Crippen LogP contribution in [0.2, 0.25) is 0 Å². The number of aromatic amines is 1. The van der Waals surface area contributed by atoms with Crippen LogP contribution in [0.1, 0.15) is 11.1 Å². The summed E-state index contributed by atoms with van der Waals surface area (Å²) in [7, 11) is 0. The third kappa shape index (κ3) is 1.87. The van der Waals surface area contributed by atoms with Gasteiger partial charge in [-0.05, 0) is 35.9 Å². The summed E-state index contributed by atoms with van der Waals surface area (Å²) >= 11 is 0. The maximum Gasteiger partial charge on any atom is 0.256 e. The van der Waals surface area contributed by atoms with Gasteiger partial charge in [-0.25, -0.2) is 0 Å². The normalized spacial score (nSPS) is 15.4. The highest BCUT2D eigenvalue weighted by Crippen LogP contribution is 2.35. The van der Waals surface area contributed by atoms with Crippen molar-refractivity contribution in [2.75, 3.05) is 5.32 Å². The zero-order chi connectivity index (χ0) is 14.4. The standard InChI is InChI=1S/C16H11N3O2/c20-11-3-4-14-12(7-11)13(16(21)18-14)5-9-1-2-10-8-17-19-15(10)6-9/h1-8,20H,(H,17,19)(H,18,21). The quantitative estimate of drug-likeness (QED) is 0.473. The van der Waals surface area contributed by atoms with E-state index in [-0.39, 0.29) is 11.7 Å². The monoisotopic (exact) mass is 277 g/mol. The smallest absolute Gasteiger partial charge is 0.256 e. The van der Waals surface area contributed by atoms with Gasteiger partial charge in [-0.15, -0.1) is 0 Å². The van der Waals surface area contributed by atoms with Crippen molar-refractivity contribution in [2.24, 2.45) is 0 Å². The van der Waals surface area contributed by atoms with Crippen LogP contribution in [-0.2, 0) is 4.79 Å². The Kier molecular flexibility index (Phi) is 2.35. The van der Waals surface area contributed by atoms with Gasteiger partial charge in [0.1, 0.15) is 5.75 Å². The van der Waals surface area contributed by atoms with E-state index in [1.54, 1.807) is 30.5 Å². The molecule has 0 spiro atoms. The van der Waals surface area contributed by atoms with Gasteiger partial charge >= 0.3 is 0 Å². The Morgan fingerprint density at radius 3 is 2.95 bits per heavy atom. The van der Waals surface area contributed by atoms with Gasteiger partial charge in [0.05, 0.1) is 11.7 Å². The van der Waals surface area contributed by atoms with Gasteiger partial charge in [-0.2, -0.15) is 5.10 Å². The van der Waals surface area contributed by atoms with Crippen LogP contribution in [0.5, 0.6) is 5.75 Å². The molecular weight excluding hydrogens is 266 g/mol. The summed E-state index contributed by atoms with van der Waals surface area (Å²) in [5, 5.41) is 20.3. The zero-order valence-corrected chi connectivity index (χ0v) is 10.9. The molecule has 0 unspecified atom stereocenters. The summed E-state index contributed by atoms with van der Waals surface area (Å²) in [6, 6.07) is 10.7. The second-order valence-corrected chi connectivity index (χ2v) is 4.96. The van der Waals surface area contributed by atoms with E-state index in [1.165, 1.54) is 0 Å². The number of hydrogen-bond acceptors (Lipinski definition) is 3. The molecule has 21 heavy (non-hydrogen) atoms. The number of benzene rings is 2. The van der Waals surface area contributed by atoms with Crippen molar-refractivity contribution in [3.63, 3.8) is 0 Å². The van der Waals surface area contributed by atoms with Gasteiger partial charge < -0.3 is 10.4 Å². The third-order valence-corrected chi connectivity index (χ3v) is 3.56. The van der Waals surface area contributed by atoms with Crippen LogP contribution >= 0.6 is 0 Å². The minimum Gasteiger partial charge on any atom is -0.508 e. The van der Waals surface area contributed by atoms with E-state index in [9.17, 15) is 9.90 Å². The van der Waals surface area contributed by atoms with Crippen molar-refractivity contribution in [2.45, 2.75) is 0 Å². The molecule has 2 aromatic carbocycles. The molecule has 0 fully saturated rings. The second-order valence-electron chi connectivity index (χ2n) is 4.96. The predicted molar refractivity (Wildman–Crippen MR) is 80.7 cm³/mol. The minimum absolute atomic E-state index is 0.139. The number of nitrogens with one attached hydrogen (secondary N) is 2. The molecule has 4 rings (SSSR count). The molecule has 3 aromatic rings. The fourth-order valence-electron chi connectivity index (χ4n) is 2.53. The molecule has 0 saturated heterocycles. The molecule has 1 aliphatic rings. The number of carbonyl (C=O) groups is 1. The molecule has 102 valence electrons. The summed E-state index contributed by atoms with van der Waals surface area (Å²) in [4.78, 5) is 12.1. The van der Waals surface area contributed by atoms with E-state index in [0.717, 1.165) is 16.5 Å². The molecule has 5 heteroatoms. The van der Waals surface area contributed by atoms with Crippen molar-refractivity contribution in [1.82, 2.24) is 10.2 Å². The summed E-state index contributed by atoms with van der Waals surface area (Å²) in [5.41, 5.74) is 3.78. The topological polar surface area (TPSA) is 78.0 Å². The van der Waals surface area contributed by atoms with Crippen LogP contribution in [0.15, 0.2) is 42.6 Å². The second kappa shape index (κ2) is 4.21. The molecule has 3 N–H and O–H groups in total. The van der Waals surface area contributed by atoms with Crippen LogP contribution in [-0.4, -0.2) is 21.2 Å². The summed E-state index contributed by atoms with van der Waals surface area (Å²) in [6.07, 6.45) is 3.56. The van der Waals surface area contributed by atoms with E-state index in [1.807, 2.05) is 18.2 Å². The maximum atomic E-state index is 12.1. The van der Waals surface area contributed by atoms with Crippen molar-refractivity contribution in [1.29, 1.82) is 0 Å². The van der Waals surface area contributed by atoms with Crippen LogP contribution in [0.25, 0.3) is 22.6 Å². The van der Waals surface area contributed by atoms with Gasteiger partial charge in [0.25, 0.3) is 5.91 Å². The van der Waals surface area contributed by atoms with Crippen LogP contribution < -0.4 is 5.32 Å². The van der Waals surface area contributed by atoms with Gasteiger partial charge in [-0.1, -0.05) is 12.1 Å². The van der Waals surface area contributed by atoms with Crippen molar-refractivity contribution in [3.05, 3.63) is 53.7 Å². The molecule has 1 aliphatic heterocycles. The van der Waals surface area contributed by atoms with Gasteiger partial charge in [0.15, 0.2) is 0 Å². The molecular formula is C16H11N3O2. The molecule has 0 atom stereocenters. The Balaban J connectivity index is 1.85. The van der Waals surface area contributed by atoms with E-state index in [0.29, 0.717) is 16.8 Å². The number of fused-ring (bicyclic) bond motifs is 2. The van der Waals surface area contributed by atoms with Crippen LogP contribution in [0.4, 0.5) is 5.69 Å². The number of phenolic OH excluding ortho intramolecular Hbond substituents is 1. The van der Waals surface area contributed by atoms with Gasteiger partial charge in [0.2, 0.25) is 0 Å². The lowest BCUT2D eigenvalue weighted by Gasteiger charge is -2.00. The molecule has 1 amide bonds. The highest BCUT2D eigenvalue weighted by atomic mass is 16.3. The molecule has 1 aromatic heterocycles. The zero-order valence-electron chi connectivity index (χ0n) is 10.9. The van der Waals surface area contributed by atoms with Gasteiger partial charge in [0, 0.05) is 22.2 Å². The predicted octanol–water partition coefficient (Wildman–Crippen LogP) is 2.76. The number of phenols is 1. The number of carbonyl (C=O) groups excluding carboxylic acids is 1. The molecule has 0 saturated carbocycles. The number of amides is 1. The van der Waals surface area contributed by atoms with E-state index < -0.39 is 0 Å². The number of aromatic hydroxyl groups is 1. The Labute approximate surface area is 119 Å². The summed E-state index contributed by atoms with van der Waals surface area (Å²) < 4.78 is 0. The Bertz CT molecular complexity index is 909. The van der Waals surface area contributed by atoms with Gasteiger partial charge in [-0.3, -0.25) is 9.89 Å². The number of anilines is 1. The first-order valence-electron chi connectivity index (χ1n) is 6.50. The first-order valence-corrected chi connectivity index (χ1v) is 6.50. The number of aromatic nitrogens is 2. The SMILES string of the molecule is O=C1Nc2ccc(O)cc2C1=Cc1ccc2cn[nH]c2c1. The third-order valence-electron chi connectivity index (χ3n) is 3.56. The summed E-state index contributed by atoms with van der Waals surface area (Å²) in [5.74, 6) is -0.0273. The lowest BCUT2D eigenvalue weighted by Crippen LogP contribution is -2.03. The number of hydrogen-bond donors (Lipinski definition) is 3.